The molecule has 3 rings (SSSR count). The summed E-state index contributed by atoms with van der Waals surface area (Å²) in [5, 5.41) is 1.01. The lowest BCUT2D eigenvalue weighted by atomic mass is 10.2. The highest BCUT2D eigenvalue weighted by atomic mass is 19.4. The Morgan fingerprint density at radius 3 is 2.42 bits per heavy atom. The Kier molecular flexibility index (Phi) is 2.55. The van der Waals surface area contributed by atoms with Crippen LogP contribution in [0.2, 0.25) is 0 Å². The largest absolute Gasteiger partial charge is 0.433 e. The summed E-state index contributed by atoms with van der Waals surface area (Å²) in [6, 6.07) is 11.9. The second-order valence-electron chi connectivity index (χ2n) is 4.20. The average molecular weight is 262 g/mol. The van der Waals surface area contributed by atoms with Crippen molar-refractivity contribution >= 4 is 10.9 Å². The summed E-state index contributed by atoms with van der Waals surface area (Å²) in [5.74, 6) is 0. The molecule has 0 bridgehead atoms. The number of rotatable bonds is 1. The molecule has 0 aliphatic rings. The average Bonchev–Trinajstić information content (AvgIpc) is 2.81. The van der Waals surface area contributed by atoms with Gasteiger partial charge < -0.3 is 4.98 Å². The number of aromatic nitrogens is 2. The van der Waals surface area contributed by atoms with E-state index in [2.05, 4.69) is 9.97 Å². The van der Waals surface area contributed by atoms with Gasteiger partial charge in [0.1, 0.15) is 5.69 Å². The van der Waals surface area contributed by atoms with Gasteiger partial charge in [-0.05, 0) is 24.3 Å². The van der Waals surface area contributed by atoms with Gasteiger partial charge in [-0.25, -0.2) is 0 Å². The van der Waals surface area contributed by atoms with Gasteiger partial charge in [-0.2, -0.15) is 13.2 Å². The number of benzene rings is 1. The molecule has 96 valence electrons. The first-order chi connectivity index (χ1) is 9.04. The third-order valence-corrected chi connectivity index (χ3v) is 2.89. The van der Waals surface area contributed by atoms with Crippen LogP contribution in [0.25, 0.3) is 22.2 Å². The summed E-state index contributed by atoms with van der Waals surface area (Å²) >= 11 is 0. The summed E-state index contributed by atoms with van der Waals surface area (Å²) in [6.07, 6.45) is -3.17. The van der Waals surface area contributed by atoms with Crippen LogP contribution in [0, 0.1) is 0 Å². The molecule has 0 saturated carbocycles. The molecule has 0 spiro atoms. The normalized spacial score (nSPS) is 11.9. The summed E-state index contributed by atoms with van der Waals surface area (Å²) in [5.41, 5.74) is 1.44. The minimum Gasteiger partial charge on any atom is -0.354 e. The predicted molar refractivity (Wildman–Crippen MR) is 66.5 cm³/mol. The maximum Gasteiger partial charge on any atom is 0.433 e. The molecule has 2 heterocycles. The number of nitrogens with zero attached hydrogens (tertiary/aromatic N) is 1. The van der Waals surface area contributed by atoms with E-state index in [9.17, 15) is 13.2 Å². The van der Waals surface area contributed by atoms with Gasteiger partial charge in [-0.1, -0.05) is 18.2 Å². The van der Waals surface area contributed by atoms with Crippen LogP contribution < -0.4 is 0 Å². The molecule has 2 nitrogen and oxygen atoms in total. The Labute approximate surface area is 106 Å². The molecular weight excluding hydrogens is 253 g/mol. The number of pyridine rings is 1. The van der Waals surface area contributed by atoms with Crippen LogP contribution in [-0.2, 0) is 6.18 Å². The lowest BCUT2D eigenvalue weighted by molar-refractivity contribution is -0.141. The summed E-state index contributed by atoms with van der Waals surface area (Å²) in [7, 11) is 0. The number of para-hydroxylation sites is 1. The zero-order valence-corrected chi connectivity index (χ0v) is 9.70. The van der Waals surface area contributed by atoms with E-state index in [0.29, 0.717) is 5.56 Å². The Morgan fingerprint density at radius 2 is 1.79 bits per heavy atom. The van der Waals surface area contributed by atoms with Crippen LogP contribution >= 0.6 is 0 Å². The van der Waals surface area contributed by atoms with E-state index in [-0.39, 0.29) is 0 Å². The van der Waals surface area contributed by atoms with E-state index in [1.54, 1.807) is 0 Å². The molecule has 0 aliphatic carbocycles. The number of hydrogen-bond donors (Lipinski definition) is 1. The van der Waals surface area contributed by atoms with Crippen molar-refractivity contribution in [3.8, 4) is 11.3 Å². The second-order valence-corrected chi connectivity index (χ2v) is 4.20. The fourth-order valence-corrected chi connectivity index (χ4v) is 1.95. The molecular formula is C14H9F3N2. The van der Waals surface area contributed by atoms with E-state index in [1.165, 1.54) is 12.3 Å². The van der Waals surface area contributed by atoms with Gasteiger partial charge in [0.15, 0.2) is 0 Å². The molecule has 0 radical (unpaired) electrons. The monoisotopic (exact) mass is 262 g/mol. The number of aromatic amines is 1. The SMILES string of the molecule is FC(F)(F)c1ccc(-c2cc3ccccc3[nH]2)cn1. The fraction of sp³-hybridized carbons (Fsp3) is 0.0714. The van der Waals surface area contributed by atoms with Gasteiger partial charge in [-0.3, -0.25) is 4.98 Å². The highest BCUT2D eigenvalue weighted by molar-refractivity contribution is 5.85. The first-order valence-electron chi connectivity index (χ1n) is 5.65. The van der Waals surface area contributed by atoms with Crippen LogP contribution in [0.1, 0.15) is 5.69 Å². The maximum atomic E-state index is 12.4. The molecule has 2 aromatic heterocycles. The third kappa shape index (κ3) is 2.19. The van der Waals surface area contributed by atoms with Crippen molar-refractivity contribution in [2.24, 2.45) is 0 Å². The zero-order chi connectivity index (χ0) is 13.5. The lowest BCUT2D eigenvalue weighted by Gasteiger charge is -2.05. The molecule has 0 saturated heterocycles. The van der Waals surface area contributed by atoms with Crippen LogP contribution in [0.5, 0.6) is 0 Å². The van der Waals surface area contributed by atoms with Gasteiger partial charge in [0.05, 0.1) is 0 Å². The number of nitrogens with one attached hydrogen (secondary N) is 1. The predicted octanol–water partition coefficient (Wildman–Crippen LogP) is 4.25. The molecule has 0 unspecified atom stereocenters. The van der Waals surface area contributed by atoms with Crippen LogP contribution in [0.4, 0.5) is 13.2 Å². The highest BCUT2D eigenvalue weighted by Gasteiger charge is 2.32. The molecule has 0 fully saturated rings. The molecule has 0 atom stereocenters. The van der Waals surface area contributed by atoms with Gasteiger partial charge in [0.25, 0.3) is 0 Å². The Balaban J connectivity index is 2.02. The number of halogens is 3. The number of H-pyrrole nitrogens is 1. The Hall–Kier alpha value is -2.30. The molecule has 5 heteroatoms. The van der Waals surface area contributed by atoms with Crippen molar-refractivity contribution in [3.05, 3.63) is 54.4 Å². The van der Waals surface area contributed by atoms with Crippen molar-refractivity contribution in [3.63, 3.8) is 0 Å². The number of alkyl halides is 3. The Bertz CT molecular complexity index is 678. The second kappa shape index (κ2) is 4.12. The fourth-order valence-electron chi connectivity index (χ4n) is 1.95. The Morgan fingerprint density at radius 1 is 1.00 bits per heavy atom. The molecule has 1 aromatic carbocycles. The minimum absolute atomic E-state index is 0.629. The molecule has 0 amide bonds. The smallest absolute Gasteiger partial charge is 0.354 e. The van der Waals surface area contributed by atoms with Gasteiger partial charge >= 0.3 is 6.18 Å². The quantitative estimate of drug-likeness (QED) is 0.697. The van der Waals surface area contributed by atoms with E-state index in [4.69, 9.17) is 0 Å². The highest BCUT2D eigenvalue weighted by Crippen LogP contribution is 2.29. The summed E-state index contributed by atoms with van der Waals surface area (Å²) in [4.78, 5) is 6.60. The van der Waals surface area contributed by atoms with Gasteiger partial charge in [0, 0.05) is 28.4 Å². The summed E-state index contributed by atoms with van der Waals surface area (Å²) in [6.45, 7) is 0. The van der Waals surface area contributed by atoms with E-state index < -0.39 is 11.9 Å². The van der Waals surface area contributed by atoms with Crippen molar-refractivity contribution in [2.75, 3.05) is 0 Å². The first-order valence-corrected chi connectivity index (χ1v) is 5.65. The molecule has 19 heavy (non-hydrogen) atoms. The molecule has 3 aromatic rings. The van der Waals surface area contributed by atoms with Gasteiger partial charge in [0.2, 0.25) is 0 Å². The summed E-state index contributed by atoms with van der Waals surface area (Å²) < 4.78 is 37.3. The first kappa shape index (κ1) is 11.8. The van der Waals surface area contributed by atoms with Crippen LogP contribution in [-0.4, -0.2) is 9.97 Å². The van der Waals surface area contributed by atoms with E-state index in [1.807, 2.05) is 30.3 Å². The van der Waals surface area contributed by atoms with E-state index in [0.717, 1.165) is 22.7 Å². The van der Waals surface area contributed by atoms with Crippen molar-refractivity contribution in [1.29, 1.82) is 0 Å². The van der Waals surface area contributed by atoms with E-state index >= 15 is 0 Å². The third-order valence-electron chi connectivity index (χ3n) is 2.89. The lowest BCUT2D eigenvalue weighted by Crippen LogP contribution is -2.07. The topological polar surface area (TPSA) is 28.7 Å². The number of fused-ring (bicyclic) bond motifs is 1. The molecule has 1 N–H and O–H groups in total. The minimum atomic E-state index is -4.40. The van der Waals surface area contributed by atoms with Crippen molar-refractivity contribution in [2.45, 2.75) is 6.18 Å². The van der Waals surface area contributed by atoms with Crippen molar-refractivity contribution in [1.82, 2.24) is 9.97 Å². The molecule has 0 aliphatic heterocycles. The standard InChI is InChI=1S/C14H9F3N2/c15-14(16,17)13-6-5-10(8-18-13)12-7-9-3-1-2-4-11(9)19-12/h1-8,19H. The number of hydrogen-bond acceptors (Lipinski definition) is 1. The maximum absolute atomic E-state index is 12.4. The van der Waals surface area contributed by atoms with Crippen molar-refractivity contribution < 1.29 is 13.2 Å². The van der Waals surface area contributed by atoms with Crippen LogP contribution in [0.3, 0.4) is 0 Å². The zero-order valence-electron chi connectivity index (χ0n) is 9.70. The van der Waals surface area contributed by atoms with Gasteiger partial charge in [-0.15, -0.1) is 0 Å². The van der Waals surface area contributed by atoms with Crippen LogP contribution in [0.15, 0.2) is 48.7 Å².